The third-order valence-corrected chi connectivity index (χ3v) is 1.91. The second kappa shape index (κ2) is 3.70. The molecule has 0 aliphatic carbocycles. The first-order valence-electron chi connectivity index (χ1n) is 3.75. The average molecular weight is 180 g/mol. The zero-order valence-electron chi connectivity index (χ0n) is 7.29. The molecule has 0 atom stereocenters. The molecule has 0 unspecified atom stereocenters. The molecule has 0 amide bonds. The summed E-state index contributed by atoms with van der Waals surface area (Å²) < 4.78 is 0. The molecule has 0 aliphatic rings. The summed E-state index contributed by atoms with van der Waals surface area (Å²) in [5, 5.41) is 3.00. The van der Waals surface area contributed by atoms with E-state index in [1.807, 2.05) is 19.2 Å². The highest BCUT2D eigenvalue weighted by Gasteiger charge is 2.03. The smallest absolute Gasteiger partial charge is 0.104 e. The van der Waals surface area contributed by atoms with E-state index in [0.717, 1.165) is 5.01 Å². The molecule has 2 nitrogen and oxygen atoms in total. The molecule has 2 N–H and O–H groups in total. The van der Waals surface area contributed by atoms with Gasteiger partial charge in [-0.2, -0.15) is 0 Å². The van der Waals surface area contributed by atoms with E-state index in [1.54, 1.807) is 17.5 Å². The molecule has 1 rings (SSSR count). The zero-order chi connectivity index (χ0) is 9.03. The van der Waals surface area contributed by atoms with Crippen LogP contribution in [0.25, 0.3) is 0 Å². The second-order valence-electron chi connectivity index (χ2n) is 3.13. The van der Waals surface area contributed by atoms with Crippen molar-refractivity contribution in [1.29, 1.82) is 0 Å². The maximum atomic E-state index is 5.68. The predicted molar refractivity (Wildman–Crippen MR) is 51.9 cm³/mol. The van der Waals surface area contributed by atoms with Crippen LogP contribution in [-0.4, -0.2) is 10.5 Å². The highest BCUT2D eigenvalue weighted by molar-refractivity contribution is 7.09. The molecule has 0 radical (unpaired) electrons. The highest BCUT2D eigenvalue weighted by Crippen LogP contribution is 2.03. The lowest BCUT2D eigenvalue weighted by Gasteiger charge is -2.06. The fourth-order valence-corrected chi connectivity index (χ4v) is 1.24. The number of rotatable bonds is 1. The minimum atomic E-state index is -0.392. The van der Waals surface area contributed by atoms with Gasteiger partial charge in [0.1, 0.15) is 5.01 Å². The van der Waals surface area contributed by atoms with Gasteiger partial charge in [-0.25, -0.2) is 4.98 Å². The molecule has 64 valence electrons. The van der Waals surface area contributed by atoms with Crippen LogP contribution in [0.4, 0.5) is 0 Å². The first-order valence-corrected chi connectivity index (χ1v) is 4.63. The van der Waals surface area contributed by atoms with Gasteiger partial charge in [0.25, 0.3) is 0 Å². The van der Waals surface area contributed by atoms with Crippen LogP contribution in [0.15, 0.2) is 11.6 Å². The van der Waals surface area contributed by atoms with E-state index < -0.39 is 5.54 Å². The molecule has 0 spiro atoms. The average Bonchev–Trinajstić information content (AvgIpc) is 2.36. The van der Waals surface area contributed by atoms with E-state index in [9.17, 15) is 0 Å². The minimum absolute atomic E-state index is 0.392. The molecule has 0 aromatic carbocycles. The van der Waals surface area contributed by atoms with Crippen LogP contribution < -0.4 is 5.73 Å². The first-order chi connectivity index (χ1) is 5.58. The quantitative estimate of drug-likeness (QED) is 0.664. The molecule has 0 aliphatic heterocycles. The molecule has 0 saturated carbocycles. The Bertz CT molecular complexity index is 285. The summed E-state index contributed by atoms with van der Waals surface area (Å²) >= 11 is 1.62. The fourth-order valence-electron chi connectivity index (χ4n) is 0.688. The van der Waals surface area contributed by atoms with Crippen molar-refractivity contribution in [3.05, 3.63) is 16.6 Å². The summed E-state index contributed by atoms with van der Waals surface area (Å²) in [6.07, 6.45) is 2.49. The Morgan fingerprint density at radius 3 is 2.92 bits per heavy atom. The van der Waals surface area contributed by atoms with Crippen molar-refractivity contribution in [2.75, 3.05) is 0 Å². The first kappa shape index (κ1) is 9.24. The van der Waals surface area contributed by atoms with E-state index in [2.05, 4.69) is 16.8 Å². The normalized spacial score (nSPS) is 10.6. The van der Waals surface area contributed by atoms with Crippen LogP contribution in [0.3, 0.4) is 0 Å². The monoisotopic (exact) mass is 180 g/mol. The Morgan fingerprint density at radius 2 is 2.42 bits per heavy atom. The lowest BCUT2D eigenvalue weighted by atomic mass is 10.1. The largest absolute Gasteiger partial charge is 0.316 e. The third-order valence-electron chi connectivity index (χ3n) is 1.13. The standard InChI is InChI=1S/C9H12N2S/c1-9(2,10)5-3-4-8-11-6-7-12-8/h6-7H,4,10H2,1-2H3. The molecular formula is C9H12N2S. The van der Waals surface area contributed by atoms with Crippen molar-refractivity contribution in [3.63, 3.8) is 0 Å². The third kappa shape index (κ3) is 3.51. The minimum Gasteiger partial charge on any atom is -0.316 e. The molecule has 0 fully saturated rings. The van der Waals surface area contributed by atoms with Gasteiger partial charge < -0.3 is 5.73 Å². The lowest BCUT2D eigenvalue weighted by Crippen LogP contribution is -2.29. The van der Waals surface area contributed by atoms with E-state index in [-0.39, 0.29) is 0 Å². The molecule has 12 heavy (non-hydrogen) atoms. The van der Waals surface area contributed by atoms with Gasteiger partial charge in [0.15, 0.2) is 0 Å². The van der Waals surface area contributed by atoms with Crippen LogP contribution >= 0.6 is 11.3 Å². The molecule has 0 bridgehead atoms. The van der Waals surface area contributed by atoms with Crippen molar-refractivity contribution in [1.82, 2.24) is 4.98 Å². The molecule has 1 heterocycles. The maximum absolute atomic E-state index is 5.68. The highest BCUT2D eigenvalue weighted by atomic mass is 32.1. The summed E-state index contributed by atoms with van der Waals surface area (Å²) in [7, 11) is 0. The number of hydrogen-bond acceptors (Lipinski definition) is 3. The van der Waals surface area contributed by atoms with Gasteiger partial charge in [-0.1, -0.05) is 11.8 Å². The summed E-state index contributed by atoms with van der Waals surface area (Å²) in [4.78, 5) is 4.11. The summed E-state index contributed by atoms with van der Waals surface area (Å²) in [5.41, 5.74) is 5.29. The predicted octanol–water partition coefficient (Wildman–Crippen LogP) is 1.43. The van der Waals surface area contributed by atoms with Crippen molar-refractivity contribution >= 4 is 11.3 Å². The van der Waals surface area contributed by atoms with Crippen LogP contribution in [0.1, 0.15) is 18.9 Å². The Hall–Kier alpha value is -0.850. The molecular weight excluding hydrogens is 168 g/mol. The van der Waals surface area contributed by atoms with E-state index >= 15 is 0 Å². The Morgan fingerprint density at radius 1 is 1.67 bits per heavy atom. The molecule has 3 heteroatoms. The Balaban J connectivity index is 2.49. The van der Waals surface area contributed by atoms with E-state index in [1.165, 1.54) is 0 Å². The lowest BCUT2D eigenvalue weighted by molar-refractivity contribution is 0.680. The molecule has 1 aromatic rings. The Kier molecular flexibility index (Phi) is 2.85. The van der Waals surface area contributed by atoms with Crippen LogP contribution in [0.2, 0.25) is 0 Å². The summed E-state index contributed by atoms with van der Waals surface area (Å²) in [5.74, 6) is 5.96. The summed E-state index contributed by atoms with van der Waals surface area (Å²) in [6.45, 7) is 3.78. The van der Waals surface area contributed by atoms with Crippen molar-refractivity contribution < 1.29 is 0 Å². The van der Waals surface area contributed by atoms with Crippen LogP contribution in [-0.2, 0) is 6.42 Å². The van der Waals surface area contributed by atoms with Gasteiger partial charge in [0.05, 0.1) is 12.0 Å². The van der Waals surface area contributed by atoms with Crippen LogP contribution in [0, 0.1) is 11.8 Å². The number of thiazole rings is 1. The maximum Gasteiger partial charge on any atom is 0.104 e. The van der Waals surface area contributed by atoms with Crippen molar-refractivity contribution in [2.24, 2.45) is 5.73 Å². The van der Waals surface area contributed by atoms with Crippen LogP contribution in [0.5, 0.6) is 0 Å². The van der Waals surface area contributed by atoms with E-state index in [0.29, 0.717) is 6.42 Å². The molecule has 0 saturated heterocycles. The number of nitrogens with zero attached hydrogens (tertiary/aromatic N) is 1. The van der Waals surface area contributed by atoms with Crippen molar-refractivity contribution in [2.45, 2.75) is 25.8 Å². The van der Waals surface area contributed by atoms with Crippen molar-refractivity contribution in [3.8, 4) is 11.8 Å². The van der Waals surface area contributed by atoms with Gasteiger partial charge in [-0.05, 0) is 13.8 Å². The second-order valence-corrected chi connectivity index (χ2v) is 4.11. The zero-order valence-corrected chi connectivity index (χ0v) is 8.11. The van der Waals surface area contributed by atoms with Gasteiger partial charge in [-0.15, -0.1) is 11.3 Å². The molecule has 1 aromatic heterocycles. The SMILES string of the molecule is CC(C)(N)C#CCc1nccs1. The number of nitrogens with two attached hydrogens (primary N) is 1. The van der Waals surface area contributed by atoms with Gasteiger partial charge in [0.2, 0.25) is 0 Å². The number of aromatic nitrogens is 1. The summed E-state index contributed by atoms with van der Waals surface area (Å²) in [6, 6.07) is 0. The van der Waals surface area contributed by atoms with Gasteiger partial charge >= 0.3 is 0 Å². The fraction of sp³-hybridized carbons (Fsp3) is 0.444. The topological polar surface area (TPSA) is 38.9 Å². The van der Waals surface area contributed by atoms with Gasteiger partial charge in [0, 0.05) is 11.6 Å². The van der Waals surface area contributed by atoms with E-state index in [4.69, 9.17) is 5.73 Å². The number of hydrogen-bond donors (Lipinski definition) is 1. The Labute approximate surface area is 76.8 Å². The van der Waals surface area contributed by atoms with Gasteiger partial charge in [-0.3, -0.25) is 0 Å².